The van der Waals surface area contributed by atoms with Crippen LogP contribution in [0.25, 0.3) is 11.3 Å². The fourth-order valence-corrected chi connectivity index (χ4v) is 3.36. The summed E-state index contributed by atoms with van der Waals surface area (Å²) in [6.45, 7) is 0. The number of amides is 2. The van der Waals surface area contributed by atoms with Crippen LogP contribution in [0.3, 0.4) is 0 Å². The second-order valence-corrected chi connectivity index (χ2v) is 7.23. The van der Waals surface area contributed by atoms with Crippen molar-refractivity contribution in [2.75, 3.05) is 12.4 Å². The van der Waals surface area contributed by atoms with E-state index in [9.17, 15) is 9.59 Å². The first-order valence-corrected chi connectivity index (χ1v) is 9.48. The monoisotopic (exact) mass is 453 g/mol. The molecule has 0 spiro atoms. The zero-order valence-electron chi connectivity index (χ0n) is 15.3. The van der Waals surface area contributed by atoms with E-state index < -0.39 is 11.8 Å². The fraction of sp³-hybridized carbons (Fsp3) is 0.100. The lowest BCUT2D eigenvalue weighted by molar-refractivity contribution is -0.115. The molecule has 1 aromatic heterocycles. The first kappa shape index (κ1) is 18.9. The van der Waals surface area contributed by atoms with Gasteiger partial charge in [0.05, 0.1) is 12.8 Å². The summed E-state index contributed by atoms with van der Waals surface area (Å²) < 4.78 is 5.99. The summed E-state index contributed by atoms with van der Waals surface area (Å²) in [7, 11) is 1.60. The van der Waals surface area contributed by atoms with Crippen molar-refractivity contribution in [2.24, 2.45) is 5.10 Å². The second-order valence-electron chi connectivity index (χ2n) is 6.31. The van der Waals surface area contributed by atoms with E-state index in [1.807, 2.05) is 42.5 Å². The topological polar surface area (TPSA) is 108 Å². The first-order chi connectivity index (χ1) is 14.0. The zero-order chi connectivity index (χ0) is 20.4. The number of methoxy groups -OCH3 is 1. The smallest absolute Gasteiger partial charge is 0.289 e. The molecule has 0 aliphatic carbocycles. The van der Waals surface area contributed by atoms with Gasteiger partial charge in [-0.3, -0.25) is 14.7 Å². The number of aromatic nitrogens is 2. The molecular formula is C20H16BrN5O3. The number of rotatable bonds is 5. The number of nitrogens with one attached hydrogen (secondary N) is 3. The molecule has 29 heavy (non-hydrogen) atoms. The molecule has 0 bridgehead atoms. The number of hydrogen-bond acceptors (Lipinski definition) is 5. The molecule has 8 nitrogen and oxygen atoms in total. The number of ether oxygens (including phenoxy) is 1. The lowest BCUT2D eigenvalue weighted by Crippen LogP contribution is -2.20. The van der Waals surface area contributed by atoms with Gasteiger partial charge in [0.1, 0.15) is 17.4 Å². The van der Waals surface area contributed by atoms with Crippen LogP contribution in [0.1, 0.15) is 22.0 Å². The van der Waals surface area contributed by atoms with Gasteiger partial charge >= 0.3 is 0 Å². The molecule has 3 N–H and O–H groups in total. The van der Waals surface area contributed by atoms with Crippen LogP contribution >= 0.6 is 15.9 Å². The summed E-state index contributed by atoms with van der Waals surface area (Å²) in [4.78, 5) is 24.5. The third-order valence-electron chi connectivity index (χ3n) is 4.49. The number of hydrogen-bond donors (Lipinski definition) is 3. The zero-order valence-corrected chi connectivity index (χ0v) is 16.9. The number of nitrogens with zero attached hydrogens (tertiary/aromatic N) is 2. The largest absolute Gasteiger partial charge is 0.497 e. The molecule has 1 aliphatic rings. The van der Waals surface area contributed by atoms with Crippen molar-refractivity contribution in [3.8, 4) is 17.0 Å². The number of fused-ring (bicyclic) bond motifs is 1. The summed E-state index contributed by atoms with van der Waals surface area (Å²) >= 11 is 3.39. The Morgan fingerprint density at radius 3 is 2.79 bits per heavy atom. The van der Waals surface area contributed by atoms with Gasteiger partial charge in [-0.2, -0.15) is 10.2 Å². The highest BCUT2D eigenvalue weighted by molar-refractivity contribution is 9.10. The summed E-state index contributed by atoms with van der Waals surface area (Å²) in [5, 5.41) is 13.6. The highest BCUT2D eigenvalue weighted by Crippen LogP contribution is 2.33. The summed E-state index contributed by atoms with van der Waals surface area (Å²) in [6, 6.07) is 14.5. The fourth-order valence-electron chi connectivity index (χ4n) is 2.98. The number of carbonyl (C=O) groups excluding carboxylic acids is 2. The molecule has 2 aromatic carbocycles. The predicted molar refractivity (Wildman–Crippen MR) is 112 cm³/mol. The van der Waals surface area contributed by atoms with Crippen molar-refractivity contribution in [3.63, 3.8) is 0 Å². The van der Waals surface area contributed by atoms with E-state index >= 15 is 0 Å². The lowest BCUT2D eigenvalue weighted by Gasteiger charge is -2.03. The van der Waals surface area contributed by atoms with Gasteiger partial charge in [-0.1, -0.05) is 15.9 Å². The number of H-pyrrole nitrogens is 1. The molecule has 4 rings (SSSR count). The maximum absolute atomic E-state index is 12.3. The van der Waals surface area contributed by atoms with Crippen LogP contribution in [0.15, 0.2) is 58.1 Å². The molecule has 1 aliphatic heterocycles. The molecule has 3 aromatic rings. The minimum atomic E-state index is -0.570. The Bertz CT molecular complexity index is 1110. The van der Waals surface area contributed by atoms with Crippen molar-refractivity contribution in [1.29, 1.82) is 0 Å². The summed E-state index contributed by atoms with van der Waals surface area (Å²) in [6.07, 6.45) is 1.41. The number of aromatic amines is 1. The Morgan fingerprint density at radius 1 is 1.24 bits per heavy atom. The third-order valence-corrected chi connectivity index (χ3v) is 4.98. The van der Waals surface area contributed by atoms with E-state index in [4.69, 9.17) is 4.74 Å². The molecule has 0 fully saturated rings. The van der Waals surface area contributed by atoms with Crippen molar-refractivity contribution < 1.29 is 14.3 Å². The van der Waals surface area contributed by atoms with E-state index in [-0.39, 0.29) is 11.6 Å². The number of halogens is 1. The first-order valence-electron chi connectivity index (χ1n) is 8.69. The van der Waals surface area contributed by atoms with Crippen molar-refractivity contribution in [1.82, 2.24) is 15.6 Å². The average Bonchev–Trinajstić information content (AvgIpc) is 3.33. The van der Waals surface area contributed by atoms with Gasteiger partial charge < -0.3 is 10.1 Å². The lowest BCUT2D eigenvalue weighted by atomic mass is 10.0. The Kier molecular flexibility index (Phi) is 5.13. The molecule has 2 amide bonds. The van der Waals surface area contributed by atoms with Crippen molar-refractivity contribution >= 4 is 39.6 Å². The second kappa shape index (κ2) is 7.88. The number of anilines is 1. The van der Waals surface area contributed by atoms with E-state index in [2.05, 4.69) is 42.0 Å². The van der Waals surface area contributed by atoms with Crippen LogP contribution in [-0.4, -0.2) is 35.3 Å². The van der Waals surface area contributed by atoms with Crippen molar-refractivity contribution in [2.45, 2.75) is 5.92 Å². The van der Waals surface area contributed by atoms with Crippen LogP contribution in [-0.2, 0) is 4.79 Å². The quantitative estimate of drug-likeness (QED) is 0.406. The van der Waals surface area contributed by atoms with Gasteiger partial charge in [0.25, 0.3) is 5.91 Å². The molecule has 1 unspecified atom stereocenters. The number of carbonyl (C=O) groups is 2. The Balaban J connectivity index is 1.43. The third kappa shape index (κ3) is 3.90. The van der Waals surface area contributed by atoms with Crippen molar-refractivity contribution in [3.05, 3.63) is 64.3 Å². The summed E-state index contributed by atoms with van der Waals surface area (Å²) in [5.74, 6) is -0.485. The molecule has 9 heteroatoms. The maximum Gasteiger partial charge on any atom is 0.289 e. The molecular weight excluding hydrogens is 438 g/mol. The number of hydrazone groups is 1. The maximum atomic E-state index is 12.3. The van der Waals surface area contributed by atoms with E-state index in [1.54, 1.807) is 13.2 Å². The molecule has 0 saturated carbocycles. The van der Waals surface area contributed by atoms with E-state index in [1.165, 1.54) is 6.21 Å². The van der Waals surface area contributed by atoms with Crippen LogP contribution < -0.4 is 15.5 Å². The highest BCUT2D eigenvalue weighted by atomic mass is 79.9. The van der Waals surface area contributed by atoms with Gasteiger partial charge in [-0.15, -0.1) is 0 Å². The van der Waals surface area contributed by atoms with Crippen LogP contribution in [0.2, 0.25) is 0 Å². The van der Waals surface area contributed by atoms with Gasteiger partial charge in [-0.05, 0) is 54.1 Å². The average molecular weight is 454 g/mol. The van der Waals surface area contributed by atoms with Crippen LogP contribution in [0, 0.1) is 0 Å². The molecule has 0 saturated heterocycles. The van der Waals surface area contributed by atoms with Gasteiger partial charge in [-0.25, -0.2) is 5.43 Å². The van der Waals surface area contributed by atoms with Gasteiger partial charge in [0, 0.05) is 21.9 Å². The minimum Gasteiger partial charge on any atom is -0.497 e. The molecule has 2 heterocycles. The molecule has 0 radical (unpaired) electrons. The Labute approximate surface area is 174 Å². The predicted octanol–water partition coefficient (Wildman–Crippen LogP) is 3.30. The van der Waals surface area contributed by atoms with Crippen LogP contribution in [0.4, 0.5) is 5.69 Å². The normalized spacial score (nSPS) is 15.2. The number of benzene rings is 2. The van der Waals surface area contributed by atoms with Gasteiger partial charge in [0.15, 0.2) is 0 Å². The highest BCUT2D eigenvalue weighted by Gasteiger charge is 2.29. The molecule has 1 atom stereocenters. The molecule has 146 valence electrons. The van der Waals surface area contributed by atoms with Crippen LogP contribution in [0.5, 0.6) is 5.75 Å². The summed E-state index contributed by atoms with van der Waals surface area (Å²) in [5.41, 5.74) is 5.67. The Hall–Kier alpha value is -3.46. The van der Waals surface area contributed by atoms with E-state index in [0.717, 1.165) is 27.0 Å². The SMILES string of the molecule is COc1ccc(-c2cc(C(=O)N/N=C/C3C(=O)Nc4ccc(Br)cc43)[nH]n2)cc1. The minimum absolute atomic E-state index is 0.195. The van der Waals surface area contributed by atoms with E-state index in [0.29, 0.717) is 5.69 Å². The standard InChI is InChI=1S/C20H16BrN5O3/c1-29-13-5-2-11(3-6-13)17-9-18(25-24-17)20(28)26-22-10-15-14-8-12(21)4-7-16(14)23-19(15)27/h2-10,15H,1H3,(H,23,27)(H,24,25)(H,26,28)/b22-10+. The van der Waals surface area contributed by atoms with Gasteiger partial charge in [0.2, 0.25) is 5.91 Å². The Morgan fingerprint density at radius 2 is 2.03 bits per heavy atom.